The minimum atomic E-state index is 1.06. The van der Waals surface area contributed by atoms with Gasteiger partial charge in [-0.15, -0.1) is 0 Å². The average molecular weight is 170 g/mol. The third kappa shape index (κ3) is 0.917. The number of hydrogen-bond donors (Lipinski definition) is 1. The van der Waals surface area contributed by atoms with Crippen LogP contribution in [0.5, 0.6) is 0 Å². The van der Waals surface area contributed by atoms with Crippen LogP contribution in [-0.4, -0.2) is 11.5 Å². The van der Waals surface area contributed by atoms with Gasteiger partial charge in [0.05, 0.1) is 5.52 Å². The summed E-state index contributed by atoms with van der Waals surface area (Å²) >= 11 is 0. The van der Waals surface area contributed by atoms with E-state index in [1.165, 1.54) is 16.6 Å². The first-order valence-corrected chi connectivity index (χ1v) is 4.55. The van der Waals surface area contributed by atoms with Crippen LogP contribution in [0.15, 0.2) is 30.5 Å². The molecule has 1 aliphatic rings. The van der Waals surface area contributed by atoms with Crippen LogP contribution in [-0.2, 0) is 6.42 Å². The normalized spacial score (nSPS) is 14.2. The molecule has 1 aromatic carbocycles. The number of hydrogen-bond acceptors (Lipinski definition) is 2. The summed E-state index contributed by atoms with van der Waals surface area (Å²) in [7, 11) is 0. The molecule has 2 heterocycles. The van der Waals surface area contributed by atoms with Crippen LogP contribution in [0.1, 0.15) is 5.56 Å². The summed E-state index contributed by atoms with van der Waals surface area (Å²) in [6.07, 6.45) is 2.97. The summed E-state index contributed by atoms with van der Waals surface area (Å²) in [5.41, 5.74) is 3.80. The molecule has 0 spiro atoms. The average Bonchev–Trinajstić information content (AvgIpc) is 2.65. The zero-order chi connectivity index (χ0) is 8.67. The van der Waals surface area contributed by atoms with E-state index in [9.17, 15) is 0 Å². The summed E-state index contributed by atoms with van der Waals surface area (Å²) in [6, 6.07) is 8.35. The van der Waals surface area contributed by atoms with Crippen LogP contribution in [0.25, 0.3) is 10.9 Å². The van der Waals surface area contributed by atoms with E-state index in [0.717, 1.165) is 18.5 Å². The third-order valence-electron chi connectivity index (χ3n) is 2.59. The molecule has 0 radical (unpaired) electrons. The maximum atomic E-state index is 4.33. The standard InChI is InChI=1S/C11H10N2/c1-2-8-9-5-7-13-11(9)4-3-10(8)12-6-1/h1-4,6,13H,5,7H2. The van der Waals surface area contributed by atoms with E-state index < -0.39 is 0 Å². The van der Waals surface area contributed by atoms with Gasteiger partial charge in [-0.1, -0.05) is 6.07 Å². The van der Waals surface area contributed by atoms with Crippen molar-refractivity contribution in [3.63, 3.8) is 0 Å². The van der Waals surface area contributed by atoms with Gasteiger partial charge in [-0.2, -0.15) is 0 Å². The van der Waals surface area contributed by atoms with Crippen LogP contribution >= 0.6 is 0 Å². The van der Waals surface area contributed by atoms with Crippen molar-refractivity contribution in [1.82, 2.24) is 4.98 Å². The van der Waals surface area contributed by atoms with Gasteiger partial charge in [-0.3, -0.25) is 4.98 Å². The Morgan fingerprint density at radius 3 is 3.23 bits per heavy atom. The van der Waals surface area contributed by atoms with E-state index in [1.54, 1.807) is 0 Å². The molecule has 1 N–H and O–H groups in total. The maximum Gasteiger partial charge on any atom is 0.0706 e. The van der Waals surface area contributed by atoms with Gasteiger partial charge in [0.25, 0.3) is 0 Å². The maximum absolute atomic E-state index is 4.33. The monoisotopic (exact) mass is 170 g/mol. The molecule has 2 heteroatoms. The van der Waals surface area contributed by atoms with Gasteiger partial charge < -0.3 is 5.32 Å². The number of nitrogens with zero attached hydrogens (tertiary/aromatic N) is 1. The Balaban J connectivity index is 2.43. The van der Waals surface area contributed by atoms with Crippen molar-refractivity contribution in [2.45, 2.75) is 6.42 Å². The molecule has 2 nitrogen and oxygen atoms in total. The predicted octanol–water partition coefficient (Wildman–Crippen LogP) is 2.20. The largest absolute Gasteiger partial charge is 0.384 e. The molecular formula is C11H10N2. The second-order valence-corrected chi connectivity index (χ2v) is 3.34. The van der Waals surface area contributed by atoms with Gasteiger partial charge in [0.1, 0.15) is 0 Å². The number of benzene rings is 1. The molecule has 0 saturated heterocycles. The van der Waals surface area contributed by atoms with E-state index in [2.05, 4.69) is 28.5 Å². The molecule has 1 aliphatic heterocycles. The van der Waals surface area contributed by atoms with Gasteiger partial charge in [0, 0.05) is 23.8 Å². The fourth-order valence-corrected chi connectivity index (χ4v) is 1.97. The number of nitrogens with one attached hydrogen (secondary N) is 1. The van der Waals surface area contributed by atoms with Crippen molar-refractivity contribution in [2.75, 3.05) is 11.9 Å². The number of fused-ring (bicyclic) bond motifs is 3. The second-order valence-electron chi connectivity index (χ2n) is 3.34. The zero-order valence-electron chi connectivity index (χ0n) is 7.25. The number of pyridine rings is 1. The van der Waals surface area contributed by atoms with E-state index in [1.807, 2.05) is 12.3 Å². The van der Waals surface area contributed by atoms with E-state index in [-0.39, 0.29) is 0 Å². The summed E-state index contributed by atoms with van der Waals surface area (Å²) in [4.78, 5) is 4.33. The molecule has 64 valence electrons. The molecule has 0 unspecified atom stereocenters. The molecule has 0 atom stereocenters. The van der Waals surface area contributed by atoms with Crippen molar-refractivity contribution in [3.8, 4) is 0 Å². The van der Waals surface area contributed by atoms with Gasteiger partial charge >= 0.3 is 0 Å². The third-order valence-corrected chi connectivity index (χ3v) is 2.59. The van der Waals surface area contributed by atoms with Crippen LogP contribution in [0.4, 0.5) is 5.69 Å². The SMILES string of the molecule is c1cnc2ccc3c(c2c1)CCN3. The number of aromatic nitrogens is 1. The van der Waals surface area contributed by atoms with Gasteiger partial charge in [0.2, 0.25) is 0 Å². The van der Waals surface area contributed by atoms with Crippen molar-refractivity contribution < 1.29 is 0 Å². The van der Waals surface area contributed by atoms with Crippen LogP contribution in [0, 0.1) is 0 Å². The van der Waals surface area contributed by atoms with Crippen LogP contribution in [0.3, 0.4) is 0 Å². The highest BCUT2D eigenvalue weighted by Crippen LogP contribution is 2.28. The lowest BCUT2D eigenvalue weighted by Crippen LogP contribution is -1.90. The lowest BCUT2D eigenvalue weighted by Gasteiger charge is -2.02. The van der Waals surface area contributed by atoms with Gasteiger partial charge in [-0.05, 0) is 30.2 Å². The molecule has 0 aliphatic carbocycles. The zero-order valence-corrected chi connectivity index (χ0v) is 7.25. The topological polar surface area (TPSA) is 24.9 Å². The summed E-state index contributed by atoms with van der Waals surface area (Å²) in [6.45, 7) is 1.06. The molecule has 13 heavy (non-hydrogen) atoms. The minimum Gasteiger partial charge on any atom is -0.384 e. The highest BCUT2D eigenvalue weighted by molar-refractivity contribution is 5.88. The quantitative estimate of drug-likeness (QED) is 0.655. The first kappa shape index (κ1) is 6.89. The molecule has 0 fully saturated rings. The van der Waals surface area contributed by atoms with Crippen molar-refractivity contribution in [3.05, 3.63) is 36.0 Å². The molecule has 2 aromatic rings. The Kier molecular flexibility index (Phi) is 1.30. The Bertz CT molecular complexity index is 463. The van der Waals surface area contributed by atoms with E-state index in [4.69, 9.17) is 0 Å². The summed E-state index contributed by atoms with van der Waals surface area (Å²) in [5, 5.41) is 4.66. The van der Waals surface area contributed by atoms with Crippen LogP contribution in [0.2, 0.25) is 0 Å². The first-order chi connectivity index (χ1) is 6.45. The Hall–Kier alpha value is -1.57. The molecular weight excluding hydrogens is 160 g/mol. The molecule has 0 saturated carbocycles. The van der Waals surface area contributed by atoms with E-state index >= 15 is 0 Å². The highest BCUT2D eigenvalue weighted by Gasteiger charge is 2.12. The molecule has 0 bridgehead atoms. The molecule has 0 amide bonds. The van der Waals surface area contributed by atoms with Gasteiger partial charge in [-0.25, -0.2) is 0 Å². The van der Waals surface area contributed by atoms with Crippen molar-refractivity contribution >= 4 is 16.6 Å². The fraction of sp³-hybridized carbons (Fsp3) is 0.182. The highest BCUT2D eigenvalue weighted by atomic mass is 14.9. The lowest BCUT2D eigenvalue weighted by molar-refractivity contribution is 1.11. The van der Waals surface area contributed by atoms with Crippen molar-refractivity contribution in [1.29, 1.82) is 0 Å². The molecule has 1 aromatic heterocycles. The number of anilines is 1. The van der Waals surface area contributed by atoms with E-state index in [0.29, 0.717) is 0 Å². The van der Waals surface area contributed by atoms with Crippen LogP contribution < -0.4 is 5.32 Å². The fourth-order valence-electron chi connectivity index (χ4n) is 1.97. The Labute approximate surface area is 76.6 Å². The first-order valence-electron chi connectivity index (χ1n) is 4.55. The smallest absolute Gasteiger partial charge is 0.0706 e. The van der Waals surface area contributed by atoms with Gasteiger partial charge in [0.15, 0.2) is 0 Å². The predicted molar refractivity (Wildman–Crippen MR) is 53.9 cm³/mol. The second kappa shape index (κ2) is 2.46. The summed E-state index contributed by atoms with van der Waals surface area (Å²) in [5.74, 6) is 0. The van der Waals surface area contributed by atoms with Crippen molar-refractivity contribution in [2.24, 2.45) is 0 Å². The number of rotatable bonds is 0. The summed E-state index contributed by atoms with van der Waals surface area (Å²) < 4.78 is 0. The Morgan fingerprint density at radius 1 is 1.23 bits per heavy atom. The minimum absolute atomic E-state index is 1.06. The Morgan fingerprint density at radius 2 is 2.23 bits per heavy atom. The lowest BCUT2D eigenvalue weighted by atomic mass is 10.1. The molecule has 3 rings (SSSR count).